The van der Waals surface area contributed by atoms with Gasteiger partial charge in [0.1, 0.15) is 33.5 Å². The molecule has 0 saturated carbocycles. The van der Waals surface area contributed by atoms with Crippen molar-refractivity contribution in [2.75, 3.05) is 9.80 Å². The predicted octanol–water partition coefficient (Wildman–Crippen LogP) is 17.3. The molecule has 6 heteroatoms. The molecule has 1 aliphatic rings. The van der Waals surface area contributed by atoms with Gasteiger partial charge in [-0.05, 0) is 134 Å². The molecule has 0 bridgehead atoms. The normalized spacial score (nSPS) is 12.9. The molecule has 366 valence electrons. The van der Waals surface area contributed by atoms with Crippen LogP contribution in [0, 0.1) is 0 Å². The Kier molecular flexibility index (Phi) is 9.89. The van der Waals surface area contributed by atoms with E-state index in [4.69, 9.17) is 13.3 Å². The van der Waals surface area contributed by atoms with Crippen molar-refractivity contribution in [2.24, 2.45) is 0 Å². The highest BCUT2D eigenvalue weighted by Crippen LogP contribution is 2.45. The fourth-order valence-corrected chi connectivity index (χ4v) is 17.6. The first-order valence-electron chi connectivity index (χ1n) is 26.5. The zero-order valence-corrected chi connectivity index (χ0v) is 43.2. The fourth-order valence-electron chi connectivity index (χ4n) is 12.6. The molecule has 0 spiro atoms. The number of hydrogen-bond donors (Lipinski definition) is 0. The molecule has 0 fully saturated rings. The van der Waals surface area contributed by atoms with E-state index in [-0.39, 0.29) is 0 Å². The number of para-hydroxylation sites is 4. The molecule has 0 amide bonds. The van der Waals surface area contributed by atoms with E-state index in [9.17, 15) is 0 Å². The van der Waals surface area contributed by atoms with Crippen LogP contribution in [0.3, 0.4) is 0 Å². The molecule has 4 heterocycles. The van der Waals surface area contributed by atoms with E-state index in [2.05, 4.69) is 277 Å². The van der Waals surface area contributed by atoms with Gasteiger partial charge in [-0.3, -0.25) is 0 Å². The van der Waals surface area contributed by atoms with E-state index in [0.29, 0.717) is 0 Å². The number of fused-ring (bicyclic) bond motifs is 11. The topological polar surface area (TPSA) is 45.9 Å². The minimum Gasteiger partial charge on any atom is -0.456 e. The largest absolute Gasteiger partial charge is 0.456 e. The summed E-state index contributed by atoms with van der Waals surface area (Å²) < 4.78 is 20.8. The summed E-state index contributed by atoms with van der Waals surface area (Å²) >= 11 is 0. The van der Waals surface area contributed by atoms with Crippen LogP contribution < -0.4 is 30.5 Å². The molecule has 0 atom stereocenters. The van der Waals surface area contributed by atoms with Gasteiger partial charge in [0.25, 0.3) is 0 Å². The van der Waals surface area contributed by atoms with Crippen molar-refractivity contribution in [2.45, 2.75) is 0 Å². The summed E-state index contributed by atoms with van der Waals surface area (Å²) in [5, 5.41) is 11.4. The Hall–Kier alpha value is -10.1. The highest BCUT2D eigenvalue weighted by molar-refractivity contribution is 7.21. The second kappa shape index (κ2) is 17.5. The van der Waals surface area contributed by atoms with Gasteiger partial charge in [0.2, 0.25) is 0 Å². The van der Waals surface area contributed by atoms with E-state index in [1.54, 1.807) is 0 Å². The number of benzene rings is 12. The van der Waals surface area contributed by atoms with Crippen molar-refractivity contribution in [1.82, 2.24) is 0 Å². The van der Waals surface area contributed by atoms with Crippen molar-refractivity contribution >= 4 is 129 Å². The number of furan rings is 3. The number of hydrogen-bond acceptors (Lipinski definition) is 5. The Bertz CT molecular complexity index is 4600. The first-order valence-corrected chi connectivity index (χ1v) is 28.5. The molecule has 1 aliphatic heterocycles. The van der Waals surface area contributed by atoms with Crippen LogP contribution in [0.15, 0.2) is 292 Å². The zero-order valence-electron chi connectivity index (χ0n) is 42.2. The summed E-state index contributed by atoms with van der Waals surface area (Å²) in [6.45, 7) is 0. The third-order valence-corrected chi connectivity index (χ3v) is 20.9. The van der Waals surface area contributed by atoms with Gasteiger partial charge >= 0.3 is 0 Å². The first-order chi connectivity index (χ1) is 38.6. The van der Waals surface area contributed by atoms with E-state index >= 15 is 0 Å². The van der Waals surface area contributed by atoms with Crippen LogP contribution in [0.4, 0.5) is 34.1 Å². The number of anilines is 6. The summed E-state index contributed by atoms with van der Waals surface area (Å²) in [5.74, 6) is 0. The molecule has 5 nitrogen and oxygen atoms in total. The van der Waals surface area contributed by atoms with Crippen LogP contribution in [0.5, 0.6) is 0 Å². The molecule has 78 heavy (non-hydrogen) atoms. The van der Waals surface area contributed by atoms with E-state index in [1.165, 1.54) is 31.9 Å². The molecule has 0 aliphatic carbocycles. The van der Waals surface area contributed by atoms with Crippen LogP contribution in [0.25, 0.3) is 88.1 Å². The summed E-state index contributed by atoms with van der Waals surface area (Å²) in [7, 11) is -3.35. The lowest BCUT2D eigenvalue weighted by Gasteiger charge is -2.45. The Balaban J connectivity index is 0.941. The third kappa shape index (κ3) is 6.80. The summed E-state index contributed by atoms with van der Waals surface area (Å²) in [4.78, 5) is 4.79. The number of rotatable bonds is 8. The molecular formula is C72H46N2O3Si. The maximum Gasteiger partial charge on any atom is 0.184 e. The molecule has 0 radical (unpaired) electrons. The monoisotopic (exact) mass is 1010 g/mol. The van der Waals surface area contributed by atoms with Gasteiger partial charge in [-0.2, -0.15) is 0 Å². The van der Waals surface area contributed by atoms with Crippen LogP contribution in [0.1, 0.15) is 0 Å². The molecule has 3 aromatic heterocycles. The third-order valence-electron chi connectivity index (χ3n) is 16.1. The second-order valence-corrected chi connectivity index (χ2v) is 24.1. The average molecular weight is 1020 g/mol. The van der Waals surface area contributed by atoms with Gasteiger partial charge in [0.05, 0.1) is 0 Å². The van der Waals surface area contributed by atoms with E-state index in [0.717, 1.165) is 111 Å². The standard InChI is InChI=1S/C72H46N2O3Si/c1-4-16-47(17-5-1)49-28-32-52(33-29-49)73(53-34-30-50(31-35-53)48-18-6-2-7-19-48)54-36-39-61-62-45-64-72(46-70(62)77-67(61)42-54)78(55-37-40-59-57-22-10-13-25-65(57)75-68(59)43-55,56-38-41-60-58-23-11-14-26-66(58)76-69(60)44-56)71-27-15-12-24-63(71)74(64)51-20-8-3-9-21-51/h1-46H. The highest BCUT2D eigenvalue weighted by atomic mass is 28.3. The molecule has 12 aromatic carbocycles. The fraction of sp³-hybridized carbons (Fsp3) is 0. The Morgan fingerprint density at radius 1 is 0.269 bits per heavy atom. The Morgan fingerprint density at radius 3 is 1.28 bits per heavy atom. The number of nitrogens with zero attached hydrogens (tertiary/aromatic N) is 2. The molecule has 0 saturated heterocycles. The average Bonchev–Trinajstić information content (AvgIpc) is 4.21. The van der Waals surface area contributed by atoms with Crippen LogP contribution in [-0.4, -0.2) is 8.07 Å². The minimum absolute atomic E-state index is 0.806. The Morgan fingerprint density at radius 2 is 0.692 bits per heavy atom. The first kappa shape index (κ1) is 44.2. The van der Waals surface area contributed by atoms with Gasteiger partial charge in [0, 0.05) is 72.5 Å². The van der Waals surface area contributed by atoms with E-state index < -0.39 is 8.07 Å². The maximum atomic E-state index is 7.29. The summed E-state index contributed by atoms with van der Waals surface area (Å²) in [6, 6.07) is 101. The van der Waals surface area contributed by atoms with Gasteiger partial charge in [-0.1, -0.05) is 182 Å². The SMILES string of the molecule is c1ccc(-c2ccc(N(c3ccc(-c4ccccc4)cc3)c3ccc4c(c3)oc3cc5c(cc34)N(c3ccccc3)c3ccccc3[Si]5(c3ccc4c(c3)oc3ccccc34)c3ccc4c(c3)oc3ccccc34)cc2)cc1. The molecular weight excluding hydrogens is 969 g/mol. The molecule has 0 unspecified atom stereocenters. The molecule has 16 rings (SSSR count). The molecule has 15 aromatic rings. The Labute approximate surface area is 450 Å². The van der Waals surface area contributed by atoms with E-state index in [1.807, 2.05) is 12.1 Å². The van der Waals surface area contributed by atoms with Crippen molar-refractivity contribution in [3.63, 3.8) is 0 Å². The smallest absolute Gasteiger partial charge is 0.184 e. The summed E-state index contributed by atoms with van der Waals surface area (Å²) in [6.07, 6.45) is 0. The lowest BCUT2D eigenvalue weighted by Crippen LogP contribution is -2.77. The van der Waals surface area contributed by atoms with Gasteiger partial charge in [-0.25, -0.2) is 0 Å². The maximum absolute atomic E-state index is 7.29. The van der Waals surface area contributed by atoms with Gasteiger partial charge < -0.3 is 23.1 Å². The predicted molar refractivity (Wildman–Crippen MR) is 326 cm³/mol. The molecule has 0 N–H and O–H groups in total. The van der Waals surface area contributed by atoms with Crippen molar-refractivity contribution in [3.8, 4) is 22.3 Å². The van der Waals surface area contributed by atoms with Crippen LogP contribution in [-0.2, 0) is 0 Å². The zero-order chi connectivity index (χ0) is 51.3. The lowest BCUT2D eigenvalue weighted by atomic mass is 10.0. The van der Waals surface area contributed by atoms with Gasteiger partial charge in [-0.15, -0.1) is 0 Å². The van der Waals surface area contributed by atoms with Crippen molar-refractivity contribution in [1.29, 1.82) is 0 Å². The highest BCUT2D eigenvalue weighted by Gasteiger charge is 2.50. The van der Waals surface area contributed by atoms with Crippen LogP contribution in [0.2, 0.25) is 0 Å². The quantitative estimate of drug-likeness (QED) is 0.142. The summed E-state index contributed by atoms with van der Waals surface area (Å²) in [5.41, 5.74) is 16.2. The van der Waals surface area contributed by atoms with Gasteiger partial charge in [0.15, 0.2) is 8.07 Å². The van der Waals surface area contributed by atoms with Crippen molar-refractivity contribution in [3.05, 3.63) is 279 Å². The van der Waals surface area contributed by atoms with Crippen molar-refractivity contribution < 1.29 is 13.3 Å². The lowest BCUT2D eigenvalue weighted by molar-refractivity contribution is 0.669. The second-order valence-electron chi connectivity index (χ2n) is 20.4. The minimum atomic E-state index is -3.35. The van der Waals surface area contributed by atoms with Crippen LogP contribution >= 0.6 is 0 Å².